The van der Waals surface area contributed by atoms with E-state index < -0.39 is 5.92 Å². The van der Waals surface area contributed by atoms with Crippen LogP contribution >= 0.6 is 11.6 Å². The number of hydrogen-bond donors (Lipinski definition) is 1. The Bertz CT molecular complexity index is 952. The van der Waals surface area contributed by atoms with E-state index in [0.29, 0.717) is 22.7 Å². The Morgan fingerprint density at radius 1 is 1.33 bits per heavy atom. The van der Waals surface area contributed by atoms with Crippen molar-refractivity contribution in [3.8, 4) is 11.8 Å². The van der Waals surface area contributed by atoms with Crippen LogP contribution in [0.3, 0.4) is 0 Å². The lowest BCUT2D eigenvalue weighted by molar-refractivity contribution is -0.122. The van der Waals surface area contributed by atoms with Gasteiger partial charge >= 0.3 is 0 Å². The van der Waals surface area contributed by atoms with E-state index in [9.17, 15) is 9.59 Å². The van der Waals surface area contributed by atoms with Crippen molar-refractivity contribution in [2.24, 2.45) is 5.92 Å². The molecule has 0 spiro atoms. The molecule has 0 saturated carbocycles. The minimum absolute atomic E-state index is 0.118. The zero-order valence-electron chi connectivity index (χ0n) is 15.0. The fraction of sp³-hybridized carbons (Fsp3) is 0.250. The van der Waals surface area contributed by atoms with Crippen LogP contribution in [0.15, 0.2) is 36.4 Å². The second-order valence-corrected chi connectivity index (χ2v) is 6.78. The van der Waals surface area contributed by atoms with Crippen molar-refractivity contribution in [2.75, 3.05) is 23.9 Å². The molecule has 1 fully saturated rings. The van der Waals surface area contributed by atoms with Gasteiger partial charge in [-0.3, -0.25) is 9.59 Å². The summed E-state index contributed by atoms with van der Waals surface area (Å²) in [5, 5.41) is 12.0. The number of benzene rings is 2. The van der Waals surface area contributed by atoms with Gasteiger partial charge in [0.05, 0.1) is 29.3 Å². The predicted octanol–water partition coefficient (Wildman–Crippen LogP) is 3.52. The third-order valence-electron chi connectivity index (χ3n) is 4.48. The molecule has 1 N–H and O–H groups in total. The fourth-order valence-electron chi connectivity index (χ4n) is 3.05. The first kappa shape index (κ1) is 18.7. The highest BCUT2D eigenvalue weighted by Crippen LogP contribution is 2.34. The van der Waals surface area contributed by atoms with Crippen LogP contribution in [0.5, 0.6) is 5.75 Å². The standard InChI is InChI=1S/C20H18ClN3O3/c1-12-3-6-18(27-2)17(7-12)24-11-14(8-19(24)25)20(26)23-15-5-4-13(10-22)16(21)9-15/h3-7,9,14H,8,11H2,1-2H3,(H,23,26)/t14-/m0/s1. The van der Waals surface area contributed by atoms with E-state index >= 15 is 0 Å². The van der Waals surface area contributed by atoms with E-state index in [-0.39, 0.29) is 29.8 Å². The number of rotatable bonds is 4. The van der Waals surface area contributed by atoms with Crippen molar-refractivity contribution >= 4 is 34.8 Å². The summed E-state index contributed by atoms with van der Waals surface area (Å²) in [4.78, 5) is 26.7. The molecule has 1 atom stereocenters. The highest BCUT2D eigenvalue weighted by molar-refractivity contribution is 6.32. The van der Waals surface area contributed by atoms with Gasteiger partial charge in [0.1, 0.15) is 11.8 Å². The lowest BCUT2D eigenvalue weighted by Gasteiger charge is -2.20. The van der Waals surface area contributed by atoms with Crippen LogP contribution in [-0.2, 0) is 9.59 Å². The number of halogens is 1. The smallest absolute Gasteiger partial charge is 0.229 e. The third kappa shape index (κ3) is 3.88. The summed E-state index contributed by atoms with van der Waals surface area (Å²) in [5.41, 5.74) is 2.49. The Kier molecular flexibility index (Phi) is 5.33. The summed E-state index contributed by atoms with van der Waals surface area (Å²) >= 11 is 6.00. The number of nitrogens with zero attached hydrogens (tertiary/aromatic N) is 2. The summed E-state index contributed by atoms with van der Waals surface area (Å²) in [6, 6.07) is 12.2. The molecule has 2 aromatic rings. The van der Waals surface area contributed by atoms with Gasteiger partial charge in [-0.25, -0.2) is 0 Å². The van der Waals surface area contributed by atoms with Gasteiger partial charge in [0.15, 0.2) is 0 Å². The molecule has 0 bridgehead atoms. The molecule has 6 nitrogen and oxygen atoms in total. The van der Waals surface area contributed by atoms with Crippen LogP contribution < -0.4 is 15.0 Å². The maximum absolute atomic E-state index is 12.6. The normalized spacial score (nSPS) is 16.1. The minimum atomic E-state index is -0.489. The molecular formula is C20H18ClN3O3. The van der Waals surface area contributed by atoms with Crippen molar-refractivity contribution in [2.45, 2.75) is 13.3 Å². The topological polar surface area (TPSA) is 82.4 Å². The third-order valence-corrected chi connectivity index (χ3v) is 4.79. The van der Waals surface area contributed by atoms with Crippen molar-refractivity contribution in [1.82, 2.24) is 0 Å². The second kappa shape index (κ2) is 7.68. The molecule has 0 radical (unpaired) electrons. The molecule has 1 saturated heterocycles. The van der Waals surface area contributed by atoms with Crippen LogP contribution in [-0.4, -0.2) is 25.5 Å². The van der Waals surface area contributed by atoms with Gasteiger partial charge in [0.25, 0.3) is 0 Å². The maximum Gasteiger partial charge on any atom is 0.229 e. The Morgan fingerprint density at radius 2 is 2.11 bits per heavy atom. The second-order valence-electron chi connectivity index (χ2n) is 6.38. The zero-order valence-corrected chi connectivity index (χ0v) is 15.7. The molecule has 0 aromatic heterocycles. The zero-order chi connectivity index (χ0) is 19.6. The van der Waals surface area contributed by atoms with E-state index in [4.69, 9.17) is 21.6 Å². The molecule has 0 unspecified atom stereocenters. The van der Waals surface area contributed by atoms with Gasteiger partial charge in [0.2, 0.25) is 11.8 Å². The van der Waals surface area contributed by atoms with Crippen LogP contribution in [0.4, 0.5) is 11.4 Å². The number of carbonyl (C=O) groups is 2. The number of nitrogens with one attached hydrogen (secondary N) is 1. The fourth-order valence-corrected chi connectivity index (χ4v) is 3.28. The van der Waals surface area contributed by atoms with Gasteiger partial charge in [-0.15, -0.1) is 0 Å². The van der Waals surface area contributed by atoms with Crippen molar-refractivity contribution in [3.05, 3.63) is 52.5 Å². The molecule has 2 aromatic carbocycles. The van der Waals surface area contributed by atoms with E-state index in [1.807, 2.05) is 31.2 Å². The van der Waals surface area contributed by atoms with E-state index in [1.54, 1.807) is 24.1 Å². The Morgan fingerprint density at radius 3 is 2.78 bits per heavy atom. The van der Waals surface area contributed by atoms with Crippen LogP contribution in [0.25, 0.3) is 0 Å². The number of anilines is 2. The summed E-state index contributed by atoms with van der Waals surface area (Å²) < 4.78 is 5.35. The SMILES string of the molecule is COc1ccc(C)cc1N1C[C@@H](C(=O)Nc2ccc(C#N)c(Cl)c2)CC1=O. The number of hydrogen-bond acceptors (Lipinski definition) is 4. The lowest BCUT2D eigenvalue weighted by atomic mass is 10.1. The molecule has 1 aliphatic heterocycles. The number of nitriles is 1. The average molecular weight is 384 g/mol. The average Bonchev–Trinajstić information content (AvgIpc) is 3.03. The Hall–Kier alpha value is -3.04. The number of carbonyl (C=O) groups excluding carboxylic acids is 2. The van der Waals surface area contributed by atoms with Crippen molar-refractivity contribution in [1.29, 1.82) is 5.26 Å². The maximum atomic E-state index is 12.6. The van der Waals surface area contributed by atoms with Crippen molar-refractivity contribution < 1.29 is 14.3 Å². The van der Waals surface area contributed by atoms with Gasteiger partial charge in [-0.2, -0.15) is 5.26 Å². The largest absolute Gasteiger partial charge is 0.495 e. The first-order valence-electron chi connectivity index (χ1n) is 8.38. The summed E-state index contributed by atoms with van der Waals surface area (Å²) in [6.45, 7) is 2.21. The van der Waals surface area contributed by atoms with E-state index in [0.717, 1.165) is 5.56 Å². The Balaban J connectivity index is 1.75. The van der Waals surface area contributed by atoms with E-state index in [2.05, 4.69) is 5.32 Å². The minimum Gasteiger partial charge on any atom is -0.495 e. The summed E-state index contributed by atoms with van der Waals surface area (Å²) in [7, 11) is 1.55. The van der Waals surface area contributed by atoms with Crippen LogP contribution in [0.2, 0.25) is 5.02 Å². The van der Waals surface area contributed by atoms with Crippen LogP contribution in [0, 0.1) is 24.2 Å². The number of amides is 2. The predicted molar refractivity (Wildman–Crippen MR) is 103 cm³/mol. The first-order chi connectivity index (χ1) is 12.9. The summed E-state index contributed by atoms with van der Waals surface area (Å²) in [5.74, 6) is -0.291. The highest BCUT2D eigenvalue weighted by Gasteiger charge is 2.36. The van der Waals surface area contributed by atoms with Gasteiger partial charge in [-0.1, -0.05) is 17.7 Å². The molecule has 1 heterocycles. The number of ether oxygens (including phenoxy) is 1. The molecule has 27 heavy (non-hydrogen) atoms. The van der Waals surface area contributed by atoms with Gasteiger partial charge in [0, 0.05) is 18.7 Å². The molecule has 138 valence electrons. The molecule has 3 rings (SSSR count). The molecule has 7 heteroatoms. The molecular weight excluding hydrogens is 366 g/mol. The summed E-state index contributed by atoms with van der Waals surface area (Å²) in [6.07, 6.45) is 0.118. The monoisotopic (exact) mass is 383 g/mol. The molecule has 1 aliphatic rings. The van der Waals surface area contributed by atoms with Gasteiger partial charge in [-0.05, 0) is 42.8 Å². The highest BCUT2D eigenvalue weighted by atomic mass is 35.5. The lowest BCUT2D eigenvalue weighted by Crippen LogP contribution is -2.28. The quantitative estimate of drug-likeness (QED) is 0.875. The van der Waals surface area contributed by atoms with Gasteiger partial charge < -0.3 is 15.0 Å². The molecule has 0 aliphatic carbocycles. The van der Waals surface area contributed by atoms with Crippen molar-refractivity contribution in [3.63, 3.8) is 0 Å². The van der Waals surface area contributed by atoms with E-state index in [1.165, 1.54) is 6.07 Å². The Labute approximate surface area is 162 Å². The number of aryl methyl sites for hydroxylation is 1. The van der Waals surface area contributed by atoms with Crippen LogP contribution in [0.1, 0.15) is 17.5 Å². The number of methoxy groups -OCH3 is 1. The first-order valence-corrected chi connectivity index (χ1v) is 8.76. The molecule has 2 amide bonds.